The van der Waals surface area contributed by atoms with Crippen molar-refractivity contribution in [3.05, 3.63) is 42.0 Å². The van der Waals surface area contributed by atoms with Crippen LogP contribution in [0.1, 0.15) is 47.1 Å². The normalized spacial score (nSPS) is 14.5. The first-order chi connectivity index (χ1) is 11.1. The molecule has 0 heterocycles. The van der Waals surface area contributed by atoms with Crippen molar-refractivity contribution in [2.75, 3.05) is 0 Å². The van der Waals surface area contributed by atoms with Crippen LogP contribution < -0.4 is 0 Å². The van der Waals surface area contributed by atoms with Crippen LogP contribution in [0.3, 0.4) is 0 Å². The molecule has 1 aromatic carbocycles. The largest absolute Gasteiger partial charge is 0.463 e. The van der Waals surface area contributed by atoms with Crippen LogP contribution in [-0.4, -0.2) is 24.1 Å². The van der Waals surface area contributed by atoms with E-state index in [1.807, 2.05) is 51.1 Å². The van der Waals surface area contributed by atoms with Crippen molar-refractivity contribution in [3.8, 4) is 0 Å². The van der Waals surface area contributed by atoms with E-state index in [9.17, 15) is 9.59 Å². The topological polar surface area (TPSA) is 52.6 Å². The third-order valence-corrected chi connectivity index (χ3v) is 3.52. The summed E-state index contributed by atoms with van der Waals surface area (Å²) in [4.78, 5) is 24.4. The quantitative estimate of drug-likeness (QED) is 0.577. The highest BCUT2D eigenvalue weighted by Gasteiger charge is 2.39. The number of hydrogen-bond acceptors (Lipinski definition) is 4. The molecule has 0 aliphatic carbocycles. The molecule has 0 bridgehead atoms. The Kier molecular flexibility index (Phi) is 7.20. The summed E-state index contributed by atoms with van der Waals surface area (Å²) in [5.41, 5.74) is 0.531. The Morgan fingerprint density at radius 3 is 2.08 bits per heavy atom. The number of carbonyl (C=O) groups is 2. The zero-order valence-corrected chi connectivity index (χ0v) is 15.4. The Labute approximate surface area is 144 Å². The van der Waals surface area contributed by atoms with Gasteiger partial charge in [0.2, 0.25) is 0 Å². The van der Waals surface area contributed by atoms with Crippen molar-refractivity contribution in [1.82, 2.24) is 0 Å². The summed E-state index contributed by atoms with van der Waals surface area (Å²) in [7, 11) is 0. The van der Waals surface area contributed by atoms with E-state index in [-0.39, 0.29) is 17.5 Å². The maximum absolute atomic E-state index is 12.4. The van der Waals surface area contributed by atoms with Gasteiger partial charge < -0.3 is 9.47 Å². The van der Waals surface area contributed by atoms with Gasteiger partial charge in [0.25, 0.3) is 0 Å². The summed E-state index contributed by atoms with van der Waals surface area (Å²) in [6, 6.07) is 9.48. The van der Waals surface area contributed by atoms with Crippen LogP contribution in [0.5, 0.6) is 0 Å². The second-order valence-electron chi connectivity index (χ2n) is 7.22. The maximum Gasteiger partial charge on any atom is 0.331 e. The lowest BCUT2D eigenvalue weighted by Gasteiger charge is -2.33. The van der Waals surface area contributed by atoms with E-state index in [0.717, 1.165) is 5.56 Å². The lowest BCUT2D eigenvalue weighted by atomic mass is 9.77. The lowest BCUT2D eigenvalue weighted by Crippen LogP contribution is -2.41. The van der Waals surface area contributed by atoms with Gasteiger partial charge in [-0.2, -0.15) is 0 Å². The van der Waals surface area contributed by atoms with E-state index in [4.69, 9.17) is 9.47 Å². The number of esters is 2. The molecule has 0 fully saturated rings. The van der Waals surface area contributed by atoms with Crippen molar-refractivity contribution in [3.63, 3.8) is 0 Å². The van der Waals surface area contributed by atoms with Crippen LogP contribution in [0.25, 0.3) is 6.08 Å². The van der Waals surface area contributed by atoms with E-state index in [1.165, 1.54) is 6.08 Å². The van der Waals surface area contributed by atoms with Gasteiger partial charge in [-0.3, -0.25) is 4.79 Å². The molecule has 4 heteroatoms. The van der Waals surface area contributed by atoms with E-state index < -0.39 is 18.0 Å². The first-order valence-electron chi connectivity index (χ1n) is 8.25. The van der Waals surface area contributed by atoms with Crippen LogP contribution in [-0.2, 0) is 19.1 Å². The van der Waals surface area contributed by atoms with Gasteiger partial charge in [0.05, 0.1) is 12.0 Å². The molecule has 132 valence electrons. The van der Waals surface area contributed by atoms with Crippen LogP contribution in [0.15, 0.2) is 36.4 Å². The van der Waals surface area contributed by atoms with E-state index in [0.29, 0.717) is 0 Å². The average molecular weight is 332 g/mol. The maximum atomic E-state index is 12.4. The molecular formula is C20H28O4. The monoisotopic (exact) mass is 332 g/mol. The minimum atomic E-state index is -0.579. The molecule has 4 nitrogen and oxygen atoms in total. The fraction of sp³-hybridized carbons (Fsp3) is 0.500. The Balaban J connectivity index is 2.77. The van der Waals surface area contributed by atoms with Crippen molar-refractivity contribution in [1.29, 1.82) is 0 Å². The summed E-state index contributed by atoms with van der Waals surface area (Å²) in [6.07, 6.45) is 2.28. The number of hydrogen-bond donors (Lipinski definition) is 0. The molecule has 0 spiro atoms. The standard InChI is InChI=1S/C20H28O4/c1-14(2)23-19(22)18(20(4,5)6)15(3)24-17(21)13-12-16-10-8-7-9-11-16/h7-15,18H,1-6H3/b13-12+. The molecule has 0 N–H and O–H groups in total. The van der Waals surface area contributed by atoms with Crippen LogP contribution in [0.4, 0.5) is 0 Å². The minimum Gasteiger partial charge on any atom is -0.463 e. The van der Waals surface area contributed by atoms with Crippen LogP contribution in [0, 0.1) is 11.3 Å². The Morgan fingerprint density at radius 2 is 1.58 bits per heavy atom. The van der Waals surface area contributed by atoms with Gasteiger partial charge in [-0.15, -0.1) is 0 Å². The molecule has 2 atom stereocenters. The highest BCUT2D eigenvalue weighted by molar-refractivity contribution is 5.87. The van der Waals surface area contributed by atoms with Gasteiger partial charge in [-0.25, -0.2) is 4.79 Å². The first-order valence-corrected chi connectivity index (χ1v) is 8.25. The smallest absolute Gasteiger partial charge is 0.331 e. The van der Waals surface area contributed by atoms with Crippen molar-refractivity contribution >= 4 is 18.0 Å². The second kappa shape index (κ2) is 8.67. The minimum absolute atomic E-state index is 0.205. The molecule has 0 aromatic heterocycles. The molecule has 2 unspecified atom stereocenters. The number of benzene rings is 1. The van der Waals surface area contributed by atoms with Gasteiger partial charge in [-0.05, 0) is 37.8 Å². The second-order valence-corrected chi connectivity index (χ2v) is 7.22. The van der Waals surface area contributed by atoms with E-state index in [1.54, 1.807) is 26.8 Å². The zero-order valence-electron chi connectivity index (χ0n) is 15.4. The van der Waals surface area contributed by atoms with Gasteiger partial charge >= 0.3 is 11.9 Å². The summed E-state index contributed by atoms with van der Waals surface area (Å²) in [6.45, 7) is 11.1. The Hall–Kier alpha value is -2.10. The Bertz CT molecular complexity index is 567. The van der Waals surface area contributed by atoms with Gasteiger partial charge in [0.15, 0.2) is 0 Å². The molecule has 0 amide bonds. The SMILES string of the molecule is CC(C)OC(=O)C(C(C)OC(=O)/C=C/c1ccccc1)C(C)(C)C. The third-order valence-electron chi connectivity index (χ3n) is 3.52. The zero-order chi connectivity index (χ0) is 18.3. The highest BCUT2D eigenvalue weighted by atomic mass is 16.6. The van der Waals surface area contributed by atoms with Crippen molar-refractivity contribution in [2.45, 2.75) is 53.8 Å². The van der Waals surface area contributed by atoms with Gasteiger partial charge in [0.1, 0.15) is 6.10 Å². The molecule has 0 aliphatic heterocycles. The molecule has 1 rings (SSSR count). The summed E-state index contributed by atoms with van der Waals surface area (Å²) >= 11 is 0. The molecule has 0 saturated heterocycles. The van der Waals surface area contributed by atoms with E-state index in [2.05, 4.69) is 0 Å². The molecular weight excluding hydrogens is 304 g/mol. The van der Waals surface area contributed by atoms with E-state index >= 15 is 0 Å². The fourth-order valence-corrected chi connectivity index (χ4v) is 2.57. The molecule has 24 heavy (non-hydrogen) atoms. The third kappa shape index (κ3) is 6.57. The van der Waals surface area contributed by atoms with Crippen molar-refractivity contribution in [2.24, 2.45) is 11.3 Å². The van der Waals surface area contributed by atoms with Gasteiger partial charge in [-0.1, -0.05) is 51.1 Å². The molecule has 0 aliphatic rings. The molecule has 1 aromatic rings. The predicted octanol–water partition coefficient (Wildman–Crippen LogP) is 4.25. The van der Waals surface area contributed by atoms with Gasteiger partial charge in [0, 0.05) is 6.08 Å². The van der Waals surface area contributed by atoms with Crippen LogP contribution in [0.2, 0.25) is 0 Å². The first kappa shape index (κ1) is 19.9. The number of ether oxygens (including phenoxy) is 2. The summed E-state index contributed by atoms with van der Waals surface area (Å²) in [5.74, 6) is -1.35. The predicted molar refractivity (Wildman–Crippen MR) is 95.2 cm³/mol. The highest BCUT2D eigenvalue weighted by Crippen LogP contribution is 2.32. The fourth-order valence-electron chi connectivity index (χ4n) is 2.57. The van der Waals surface area contributed by atoms with Crippen LogP contribution >= 0.6 is 0 Å². The molecule has 0 saturated carbocycles. The number of carbonyl (C=O) groups excluding carboxylic acids is 2. The Morgan fingerprint density at radius 1 is 1.00 bits per heavy atom. The van der Waals surface area contributed by atoms with Crippen molar-refractivity contribution < 1.29 is 19.1 Å². The molecule has 0 radical (unpaired) electrons. The lowest BCUT2D eigenvalue weighted by molar-refractivity contribution is -0.167. The average Bonchev–Trinajstić information content (AvgIpc) is 2.43. The summed E-state index contributed by atoms with van der Waals surface area (Å²) < 4.78 is 10.8. The number of rotatable bonds is 6. The summed E-state index contributed by atoms with van der Waals surface area (Å²) in [5, 5.41) is 0.